The second-order valence-corrected chi connectivity index (χ2v) is 4.85. The summed E-state index contributed by atoms with van der Waals surface area (Å²) < 4.78 is 6.01. The lowest BCUT2D eigenvalue weighted by Gasteiger charge is -2.09. The zero-order valence-electron chi connectivity index (χ0n) is 11.4. The molecule has 1 heterocycles. The fourth-order valence-corrected chi connectivity index (χ4v) is 2.48. The van der Waals surface area contributed by atoms with Crippen molar-refractivity contribution in [3.8, 4) is 11.3 Å². The Labute approximate surface area is 117 Å². The highest BCUT2D eigenvalue weighted by molar-refractivity contribution is 5.80. The largest absolute Gasteiger partial charge is 0.456 e. The van der Waals surface area contributed by atoms with Crippen LogP contribution in [0.3, 0.4) is 0 Å². The van der Waals surface area contributed by atoms with Gasteiger partial charge in [-0.15, -0.1) is 0 Å². The van der Waals surface area contributed by atoms with E-state index in [1.165, 1.54) is 0 Å². The third kappa shape index (κ3) is 2.14. The molecule has 2 nitrogen and oxygen atoms in total. The van der Waals surface area contributed by atoms with Crippen LogP contribution in [0.2, 0.25) is 0 Å². The van der Waals surface area contributed by atoms with Gasteiger partial charge in [0.1, 0.15) is 11.3 Å². The first-order valence-corrected chi connectivity index (χ1v) is 6.91. The highest BCUT2D eigenvalue weighted by Gasteiger charge is 2.14. The summed E-state index contributed by atoms with van der Waals surface area (Å²) in [5, 5.41) is 0.663. The molecule has 2 heteroatoms. The number of benzene rings is 2. The van der Waals surface area contributed by atoms with Crippen molar-refractivity contribution < 1.29 is 4.42 Å². The topological polar surface area (TPSA) is 30.2 Å². The van der Waals surface area contributed by atoms with Gasteiger partial charge in [-0.2, -0.15) is 0 Å². The van der Waals surface area contributed by atoms with Crippen LogP contribution in [0.4, 0.5) is 0 Å². The molecule has 1 aromatic heterocycles. The Balaban J connectivity index is 2.35. The minimum absolute atomic E-state index is 0.0903. The average Bonchev–Trinajstić information content (AvgIpc) is 2.51. The highest BCUT2D eigenvalue weighted by atomic mass is 16.3. The molecule has 0 aliphatic heterocycles. The number of para-hydroxylation sites is 1. The third-order valence-corrected chi connectivity index (χ3v) is 3.43. The number of hydrogen-bond acceptors (Lipinski definition) is 2. The summed E-state index contributed by atoms with van der Waals surface area (Å²) in [4.78, 5) is 12.7. The van der Waals surface area contributed by atoms with Gasteiger partial charge in [0.05, 0.1) is 5.39 Å². The van der Waals surface area contributed by atoms with Crippen molar-refractivity contribution in [2.75, 3.05) is 0 Å². The molecule has 0 radical (unpaired) electrons. The van der Waals surface area contributed by atoms with E-state index in [-0.39, 0.29) is 5.43 Å². The van der Waals surface area contributed by atoms with Gasteiger partial charge in [0.25, 0.3) is 0 Å². The Kier molecular flexibility index (Phi) is 3.38. The maximum absolute atomic E-state index is 12.7. The Hall–Kier alpha value is -2.35. The van der Waals surface area contributed by atoms with E-state index in [9.17, 15) is 4.79 Å². The predicted octanol–water partition coefficient (Wildman–Crippen LogP) is 4.41. The molecular weight excluding hydrogens is 248 g/mol. The number of rotatable bonds is 3. The van der Waals surface area contributed by atoms with E-state index in [2.05, 4.69) is 6.92 Å². The lowest BCUT2D eigenvalue weighted by Crippen LogP contribution is -2.10. The summed E-state index contributed by atoms with van der Waals surface area (Å²) in [6, 6.07) is 17.3. The molecule has 0 amide bonds. The zero-order valence-corrected chi connectivity index (χ0v) is 11.4. The fraction of sp³-hybridized carbons (Fsp3) is 0.167. The molecule has 0 fully saturated rings. The van der Waals surface area contributed by atoms with Crippen molar-refractivity contribution in [3.63, 3.8) is 0 Å². The van der Waals surface area contributed by atoms with Gasteiger partial charge in [0.15, 0.2) is 5.43 Å². The van der Waals surface area contributed by atoms with Gasteiger partial charge >= 0.3 is 0 Å². The molecule has 0 spiro atoms. The molecule has 0 aliphatic rings. The monoisotopic (exact) mass is 264 g/mol. The standard InChI is InChI=1S/C18H16O2/c1-2-8-15-17(19)14-11-6-7-12-16(14)20-18(15)13-9-4-3-5-10-13/h3-7,9-12H,2,8H2,1H3. The molecule has 0 saturated heterocycles. The molecule has 3 aromatic rings. The SMILES string of the molecule is CCCc1c(-c2ccccc2)oc2ccccc2c1=O. The van der Waals surface area contributed by atoms with Gasteiger partial charge in [-0.25, -0.2) is 0 Å². The maximum atomic E-state index is 12.7. The van der Waals surface area contributed by atoms with Crippen molar-refractivity contribution >= 4 is 11.0 Å². The van der Waals surface area contributed by atoms with Crippen LogP contribution < -0.4 is 5.43 Å². The number of hydrogen-bond donors (Lipinski definition) is 0. The number of fused-ring (bicyclic) bond motifs is 1. The molecule has 3 rings (SSSR count). The normalized spacial score (nSPS) is 10.8. The molecule has 0 saturated carbocycles. The van der Waals surface area contributed by atoms with Crippen molar-refractivity contribution in [1.29, 1.82) is 0 Å². The Morgan fingerprint density at radius 1 is 0.950 bits per heavy atom. The molecule has 0 aliphatic carbocycles. The van der Waals surface area contributed by atoms with E-state index in [0.29, 0.717) is 16.7 Å². The predicted molar refractivity (Wildman–Crippen MR) is 81.9 cm³/mol. The van der Waals surface area contributed by atoms with Crippen molar-refractivity contribution in [1.82, 2.24) is 0 Å². The van der Waals surface area contributed by atoms with E-state index < -0.39 is 0 Å². The second-order valence-electron chi connectivity index (χ2n) is 4.85. The van der Waals surface area contributed by atoms with Gasteiger partial charge in [0.2, 0.25) is 0 Å². The summed E-state index contributed by atoms with van der Waals surface area (Å²) in [6.07, 6.45) is 1.65. The van der Waals surface area contributed by atoms with E-state index >= 15 is 0 Å². The quantitative estimate of drug-likeness (QED) is 0.701. The minimum atomic E-state index is 0.0903. The van der Waals surface area contributed by atoms with Gasteiger partial charge in [-0.3, -0.25) is 4.79 Å². The Morgan fingerprint density at radius 3 is 2.40 bits per heavy atom. The summed E-state index contributed by atoms with van der Waals surface area (Å²) in [7, 11) is 0. The molecule has 0 N–H and O–H groups in total. The summed E-state index contributed by atoms with van der Waals surface area (Å²) in [5.41, 5.74) is 2.47. The molecule has 100 valence electrons. The van der Waals surface area contributed by atoms with Crippen LogP contribution in [0.1, 0.15) is 18.9 Å². The molecule has 0 atom stereocenters. The van der Waals surface area contributed by atoms with E-state index in [1.807, 2.05) is 54.6 Å². The fourth-order valence-electron chi connectivity index (χ4n) is 2.48. The molecule has 2 aromatic carbocycles. The van der Waals surface area contributed by atoms with Crippen LogP contribution in [0, 0.1) is 0 Å². The summed E-state index contributed by atoms with van der Waals surface area (Å²) >= 11 is 0. The first kappa shape index (κ1) is 12.7. The Bertz CT molecular complexity index is 785. The van der Waals surface area contributed by atoms with Crippen LogP contribution in [-0.2, 0) is 6.42 Å². The zero-order chi connectivity index (χ0) is 13.9. The molecule has 20 heavy (non-hydrogen) atoms. The van der Waals surface area contributed by atoms with E-state index in [4.69, 9.17) is 4.42 Å². The van der Waals surface area contributed by atoms with Gasteiger partial charge in [-0.05, 0) is 18.6 Å². The highest BCUT2D eigenvalue weighted by Crippen LogP contribution is 2.26. The van der Waals surface area contributed by atoms with Gasteiger partial charge in [-0.1, -0.05) is 55.8 Å². The van der Waals surface area contributed by atoms with Crippen molar-refractivity contribution in [2.24, 2.45) is 0 Å². The van der Waals surface area contributed by atoms with Crippen LogP contribution in [0.25, 0.3) is 22.3 Å². The van der Waals surface area contributed by atoms with Crippen LogP contribution in [0.5, 0.6) is 0 Å². The van der Waals surface area contributed by atoms with Gasteiger partial charge in [0, 0.05) is 11.1 Å². The van der Waals surface area contributed by atoms with Crippen LogP contribution in [0.15, 0.2) is 63.8 Å². The lowest BCUT2D eigenvalue weighted by atomic mass is 10.0. The van der Waals surface area contributed by atoms with Crippen molar-refractivity contribution in [3.05, 3.63) is 70.4 Å². The smallest absolute Gasteiger partial charge is 0.196 e. The Morgan fingerprint density at radius 2 is 1.65 bits per heavy atom. The van der Waals surface area contributed by atoms with Crippen molar-refractivity contribution in [2.45, 2.75) is 19.8 Å². The van der Waals surface area contributed by atoms with E-state index in [0.717, 1.165) is 24.0 Å². The van der Waals surface area contributed by atoms with Crippen LogP contribution >= 0.6 is 0 Å². The first-order valence-electron chi connectivity index (χ1n) is 6.91. The lowest BCUT2D eigenvalue weighted by molar-refractivity contribution is 0.608. The van der Waals surface area contributed by atoms with Gasteiger partial charge < -0.3 is 4.42 Å². The molecular formula is C18H16O2. The maximum Gasteiger partial charge on any atom is 0.196 e. The molecule has 0 bridgehead atoms. The summed E-state index contributed by atoms with van der Waals surface area (Å²) in [6.45, 7) is 2.07. The molecule has 0 unspecified atom stereocenters. The minimum Gasteiger partial charge on any atom is -0.456 e. The second kappa shape index (κ2) is 5.33. The van der Waals surface area contributed by atoms with E-state index in [1.54, 1.807) is 0 Å². The van der Waals surface area contributed by atoms with Crippen LogP contribution in [-0.4, -0.2) is 0 Å². The average molecular weight is 264 g/mol. The summed E-state index contributed by atoms with van der Waals surface area (Å²) in [5.74, 6) is 0.705. The first-order chi connectivity index (χ1) is 9.81. The third-order valence-electron chi connectivity index (χ3n) is 3.43.